The summed E-state index contributed by atoms with van der Waals surface area (Å²) in [4.78, 5) is 35.1. The summed E-state index contributed by atoms with van der Waals surface area (Å²) in [6.45, 7) is 1.66. The molecule has 1 aliphatic rings. The lowest BCUT2D eigenvalue weighted by molar-refractivity contribution is -0.133. The predicted octanol–water partition coefficient (Wildman–Crippen LogP) is 3.16. The lowest BCUT2D eigenvalue weighted by Gasteiger charge is -2.20. The first-order valence-corrected chi connectivity index (χ1v) is 9.01. The van der Waals surface area contributed by atoms with Crippen LogP contribution in [0.2, 0.25) is 5.02 Å². The fourth-order valence-corrected chi connectivity index (χ4v) is 3.12. The van der Waals surface area contributed by atoms with E-state index in [9.17, 15) is 18.8 Å². The van der Waals surface area contributed by atoms with E-state index in [0.29, 0.717) is 18.6 Å². The maximum absolute atomic E-state index is 13.8. The molecule has 6 nitrogen and oxygen atoms in total. The topological polar surface area (TPSA) is 84.5 Å². The Labute approximate surface area is 166 Å². The molecule has 0 saturated carbocycles. The zero-order valence-corrected chi connectivity index (χ0v) is 15.8. The average molecular weight is 405 g/mol. The minimum absolute atomic E-state index is 0.0934. The Bertz CT molecular complexity index is 912. The van der Waals surface area contributed by atoms with Crippen molar-refractivity contribution in [2.75, 3.05) is 0 Å². The van der Waals surface area contributed by atoms with E-state index in [-0.39, 0.29) is 22.9 Å². The van der Waals surface area contributed by atoms with Gasteiger partial charge in [-0.2, -0.15) is 0 Å². The molecule has 0 spiro atoms. The highest BCUT2D eigenvalue weighted by Gasteiger charge is 2.41. The van der Waals surface area contributed by atoms with Gasteiger partial charge in [-0.3, -0.25) is 14.9 Å². The molecule has 3 amide bonds. The smallest absolute Gasteiger partial charge is 0.322 e. The summed E-state index contributed by atoms with van der Waals surface area (Å²) < 4.78 is 19.0. The molecule has 0 bridgehead atoms. The molecule has 28 heavy (non-hydrogen) atoms. The Hall–Kier alpha value is -2.93. The van der Waals surface area contributed by atoms with Gasteiger partial charge in [0.15, 0.2) is 0 Å². The van der Waals surface area contributed by atoms with Crippen molar-refractivity contribution in [2.45, 2.75) is 31.7 Å². The Morgan fingerprint density at radius 1 is 1.18 bits per heavy atom. The number of rotatable bonds is 6. The van der Waals surface area contributed by atoms with Crippen LogP contribution in [0.3, 0.4) is 0 Å². The summed E-state index contributed by atoms with van der Waals surface area (Å²) in [5.41, 5.74) is 0.0596. The number of hydrogen-bond donors (Lipinski definition) is 2. The van der Waals surface area contributed by atoms with Crippen LogP contribution in [0.15, 0.2) is 42.5 Å². The number of ether oxygens (including phenoxy) is 1. The Balaban J connectivity index is 1.56. The van der Waals surface area contributed by atoms with E-state index in [1.54, 1.807) is 31.2 Å². The van der Waals surface area contributed by atoms with Crippen molar-refractivity contribution in [3.8, 4) is 5.75 Å². The van der Waals surface area contributed by atoms with Gasteiger partial charge in [0.25, 0.3) is 5.91 Å². The fraction of sp³-hybridized carbons (Fsp3) is 0.250. The molecule has 3 rings (SSSR count). The molecule has 1 heterocycles. The maximum Gasteiger partial charge on any atom is 0.322 e. The molecule has 1 saturated heterocycles. The van der Waals surface area contributed by atoms with Crippen molar-refractivity contribution >= 4 is 29.5 Å². The standard InChI is InChI=1S/C20H18ClFN2O4/c1-20(18(26)23-19(27)24-20)10-9-12-5-7-13(8-6-12)28-17(25)11-14-15(21)3-2-4-16(14)22/h2-8H,9-11H2,1H3,(H2,23,24,26,27)/t20-/m1/s1. The number of nitrogens with one attached hydrogen (secondary N) is 2. The van der Waals surface area contributed by atoms with Crippen LogP contribution in [-0.2, 0) is 22.4 Å². The molecule has 1 atom stereocenters. The van der Waals surface area contributed by atoms with Crippen LogP contribution in [0.1, 0.15) is 24.5 Å². The second-order valence-corrected chi connectivity index (χ2v) is 7.14. The lowest BCUT2D eigenvalue weighted by atomic mass is 9.93. The number of benzene rings is 2. The van der Waals surface area contributed by atoms with Gasteiger partial charge in [-0.05, 0) is 49.6 Å². The highest BCUT2D eigenvalue weighted by Crippen LogP contribution is 2.22. The number of imide groups is 1. The normalized spacial score (nSPS) is 18.5. The first-order valence-electron chi connectivity index (χ1n) is 8.63. The number of amides is 3. The van der Waals surface area contributed by atoms with Crippen molar-refractivity contribution < 1.29 is 23.5 Å². The number of carbonyl (C=O) groups excluding carboxylic acids is 3. The van der Waals surface area contributed by atoms with E-state index in [0.717, 1.165) is 5.56 Å². The molecule has 2 aromatic carbocycles. The van der Waals surface area contributed by atoms with Crippen molar-refractivity contribution in [1.29, 1.82) is 0 Å². The molecule has 1 aliphatic heterocycles. The van der Waals surface area contributed by atoms with E-state index in [4.69, 9.17) is 16.3 Å². The van der Waals surface area contributed by atoms with Crippen molar-refractivity contribution in [3.63, 3.8) is 0 Å². The molecule has 146 valence electrons. The summed E-state index contributed by atoms with van der Waals surface area (Å²) in [5.74, 6) is -1.22. The molecule has 0 unspecified atom stereocenters. The van der Waals surface area contributed by atoms with Gasteiger partial charge in [0.05, 0.1) is 6.42 Å². The van der Waals surface area contributed by atoms with Crippen LogP contribution in [0.25, 0.3) is 0 Å². The second kappa shape index (κ2) is 7.98. The summed E-state index contributed by atoms with van der Waals surface area (Å²) in [5, 5.41) is 5.00. The van der Waals surface area contributed by atoms with E-state index < -0.39 is 23.4 Å². The minimum Gasteiger partial charge on any atom is -0.426 e. The number of halogens is 2. The zero-order valence-electron chi connectivity index (χ0n) is 15.1. The molecule has 0 aliphatic carbocycles. The summed E-state index contributed by atoms with van der Waals surface area (Å²) in [6.07, 6.45) is 0.694. The van der Waals surface area contributed by atoms with Crippen LogP contribution in [-0.4, -0.2) is 23.4 Å². The van der Waals surface area contributed by atoms with Crippen LogP contribution < -0.4 is 15.4 Å². The van der Waals surface area contributed by atoms with Crippen molar-refractivity contribution in [1.82, 2.24) is 10.6 Å². The Kier molecular flexibility index (Phi) is 5.65. The number of esters is 1. The summed E-state index contributed by atoms with van der Waals surface area (Å²) in [7, 11) is 0. The lowest BCUT2D eigenvalue weighted by Crippen LogP contribution is -2.43. The summed E-state index contributed by atoms with van der Waals surface area (Å²) in [6, 6.07) is 10.5. The van der Waals surface area contributed by atoms with E-state index in [1.807, 2.05) is 0 Å². The van der Waals surface area contributed by atoms with Gasteiger partial charge in [0, 0.05) is 10.6 Å². The first-order chi connectivity index (χ1) is 13.3. The number of hydrogen-bond acceptors (Lipinski definition) is 4. The third kappa shape index (κ3) is 4.48. The Morgan fingerprint density at radius 3 is 2.50 bits per heavy atom. The van der Waals surface area contributed by atoms with Gasteiger partial charge >= 0.3 is 12.0 Å². The van der Waals surface area contributed by atoms with Gasteiger partial charge < -0.3 is 10.1 Å². The van der Waals surface area contributed by atoms with E-state index in [1.165, 1.54) is 18.2 Å². The molecular weight excluding hydrogens is 387 g/mol. The van der Waals surface area contributed by atoms with Crippen molar-refractivity contribution in [3.05, 3.63) is 64.4 Å². The van der Waals surface area contributed by atoms with Crippen LogP contribution in [0.4, 0.5) is 9.18 Å². The van der Waals surface area contributed by atoms with Gasteiger partial charge in [-0.15, -0.1) is 0 Å². The molecular formula is C20H18ClFN2O4. The third-order valence-corrected chi connectivity index (χ3v) is 4.92. The zero-order chi connectivity index (χ0) is 20.3. The van der Waals surface area contributed by atoms with Gasteiger partial charge in [-0.25, -0.2) is 9.18 Å². The first kappa shape index (κ1) is 19.8. The highest BCUT2D eigenvalue weighted by molar-refractivity contribution is 6.31. The third-order valence-electron chi connectivity index (χ3n) is 4.57. The summed E-state index contributed by atoms with van der Waals surface area (Å²) >= 11 is 5.91. The van der Waals surface area contributed by atoms with Crippen LogP contribution in [0, 0.1) is 5.82 Å². The van der Waals surface area contributed by atoms with Crippen molar-refractivity contribution in [2.24, 2.45) is 0 Å². The predicted molar refractivity (Wildman–Crippen MR) is 101 cm³/mol. The molecule has 1 fully saturated rings. The molecule has 0 aromatic heterocycles. The largest absolute Gasteiger partial charge is 0.426 e. The minimum atomic E-state index is -0.943. The average Bonchev–Trinajstić information content (AvgIpc) is 2.90. The maximum atomic E-state index is 13.8. The van der Waals surface area contributed by atoms with Gasteiger partial charge in [0.2, 0.25) is 0 Å². The quantitative estimate of drug-likeness (QED) is 0.440. The van der Waals surface area contributed by atoms with Gasteiger partial charge in [0.1, 0.15) is 17.1 Å². The Morgan fingerprint density at radius 2 is 1.89 bits per heavy atom. The second-order valence-electron chi connectivity index (χ2n) is 6.74. The fourth-order valence-electron chi connectivity index (χ4n) is 2.89. The highest BCUT2D eigenvalue weighted by atomic mass is 35.5. The molecule has 2 N–H and O–H groups in total. The van der Waals surface area contributed by atoms with E-state index >= 15 is 0 Å². The van der Waals surface area contributed by atoms with Crippen LogP contribution >= 0.6 is 11.6 Å². The van der Waals surface area contributed by atoms with Gasteiger partial charge in [-0.1, -0.05) is 29.8 Å². The number of urea groups is 1. The number of carbonyl (C=O) groups is 3. The molecule has 2 aromatic rings. The van der Waals surface area contributed by atoms with E-state index in [2.05, 4.69) is 10.6 Å². The number of aryl methyl sites for hydroxylation is 1. The molecule has 0 radical (unpaired) electrons. The molecule has 8 heteroatoms. The van der Waals surface area contributed by atoms with Crippen LogP contribution in [0.5, 0.6) is 5.75 Å². The SMILES string of the molecule is C[C@]1(CCc2ccc(OC(=O)Cc3c(F)cccc3Cl)cc2)NC(=O)NC1=O. The monoisotopic (exact) mass is 404 g/mol.